The fourth-order valence-corrected chi connectivity index (χ4v) is 4.00. The van der Waals surface area contributed by atoms with Gasteiger partial charge in [-0.15, -0.1) is 5.10 Å². The Kier molecular flexibility index (Phi) is 6.81. The van der Waals surface area contributed by atoms with E-state index < -0.39 is 0 Å². The van der Waals surface area contributed by atoms with Crippen LogP contribution in [-0.2, 0) is 11.3 Å². The van der Waals surface area contributed by atoms with Gasteiger partial charge in [0.15, 0.2) is 5.17 Å². The summed E-state index contributed by atoms with van der Waals surface area (Å²) in [5.41, 5.74) is 1.73. The summed E-state index contributed by atoms with van der Waals surface area (Å²) in [7, 11) is 1.62. The highest BCUT2D eigenvalue weighted by Crippen LogP contribution is 2.31. The number of nitrogens with zero attached hydrogens (tertiary/aromatic N) is 3. The minimum atomic E-state index is -0.298. The average Bonchev–Trinajstić information content (AvgIpc) is 2.99. The Morgan fingerprint density at radius 1 is 1.18 bits per heavy atom. The van der Waals surface area contributed by atoms with Crippen LogP contribution in [0, 0.1) is 5.82 Å². The highest BCUT2D eigenvalue weighted by Gasteiger charge is 2.37. The summed E-state index contributed by atoms with van der Waals surface area (Å²) in [6.45, 7) is 2.40. The van der Waals surface area contributed by atoms with Gasteiger partial charge in [-0.3, -0.25) is 9.69 Å². The third-order valence-corrected chi connectivity index (χ3v) is 5.53. The molecule has 0 aliphatic carbocycles. The van der Waals surface area contributed by atoms with E-state index in [2.05, 4.69) is 17.1 Å². The van der Waals surface area contributed by atoms with Gasteiger partial charge in [-0.1, -0.05) is 37.2 Å². The molecule has 2 aromatic rings. The Morgan fingerprint density at radius 3 is 2.54 bits per heavy atom. The topological polar surface area (TPSA) is 54.3 Å². The Labute approximate surface area is 168 Å². The van der Waals surface area contributed by atoms with E-state index in [0.29, 0.717) is 11.7 Å². The standard InChI is InChI=1S/C21H22FN3O2S/c1-3-4-19-20(26)25(14-16-5-9-17(22)10-6-16)21(28-19)24-23-13-15-7-11-18(27-2)12-8-15/h5-13,19H,3-4,14H2,1-2H3/b23-13-,24-21+/t19-/m0/s1. The Balaban J connectivity index is 1.77. The summed E-state index contributed by atoms with van der Waals surface area (Å²) < 4.78 is 18.3. The summed E-state index contributed by atoms with van der Waals surface area (Å²) >= 11 is 1.43. The predicted octanol–water partition coefficient (Wildman–Crippen LogP) is 4.47. The van der Waals surface area contributed by atoms with Crippen LogP contribution in [-0.4, -0.2) is 34.5 Å². The van der Waals surface area contributed by atoms with Gasteiger partial charge in [0.05, 0.1) is 25.1 Å². The fourth-order valence-electron chi connectivity index (χ4n) is 2.78. The van der Waals surface area contributed by atoms with E-state index >= 15 is 0 Å². The van der Waals surface area contributed by atoms with Crippen molar-refractivity contribution in [3.05, 3.63) is 65.5 Å². The van der Waals surface area contributed by atoms with Crippen molar-refractivity contribution >= 4 is 29.1 Å². The molecular weight excluding hydrogens is 377 g/mol. The van der Waals surface area contributed by atoms with Gasteiger partial charge >= 0.3 is 0 Å². The lowest BCUT2D eigenvalue weighted by Gasteiger charge is -2.15. The lowest BCUT2D eigenvalue weighted by molar-refractivity contribution is -0.126. The van der Waals surface area contributed by atoms with Crippen molar-refractivity contribution < 1.29 is 13.9 Å². The molecule has 1 aliphatic heterocycles. The molecule has 1 heterocycles. The van der Waals surface area contributed by atoms with Crippen LogP contribution >= 0.6 is 11.8 Å². The summed E-state index contributed by atoms with van der Waals surface area (Å²) in [6, 6.07) is 13.6. The van der Waals surface area contributed by atoms with Crippen molar-refractivity contribution in [3.63, 3.8) is 0 Å². The van der Waals surface area contributed by atoms with Crippen molar-refractivity contribution in [2.45, 2.75) is 31.6 Å². The van der Waals surface area contributed by atoms with E-state index in [1.165, 1.54) is 23.9 Å². The molecule has 7 heteroatoms. The second-order valence-electron chi connectivity index (χ2n) is 6.35. The smallest absolute Gasteiger partial charge is 0.242 e. The third-order valence-electron chi connectivity index (χ3n) is 4.29. The maximum atomic E-state index is 13.2. The number of rotatable bonds is 7. The number of thioether (sulfide) groups is 1. The number of carbonyl (C=O) groups excluding carboxylic acids is 1. The summed E-state index contributed by atoms with van der Waals surface area (Å²) in [4.78, 5) is 14.4. The number of carbonyl (C=O) groups is 1. The first kappa shape index (κ1) is 20.1. The van der Waals surface area contributed by atoms with Crippen LogP contribution in [0.4, 0.5) is 4.39 Å². The fraction of sp³-hybridized carbons (Fsp3) is 0.286. The number of benzene rings is 2. The molecular formula is C21H22FN3O2S. The number of ether oxygens (including phenoxy) is 1. The Hall–Kier alpha value is -2.67. The number of halogens is 1. The third kappa shape index (κ3) is 4.98. The monoisotopic (exact) mass is 399 g/mol. The van der Waals surface area contributed by atoms with Crippen molar-refractivity contribution in [1.29, 1.82) is 0 Å². The van der Waals surface area contributed by atoms with Crippen molar-refractivity contribution in [1.82, 2.24) is 4.90 Å². The quantitative estimate of drug-likeness (QED) is 0.510. The molecule has 0 radical (unpaired) electrons. The zero-order valence-corrected chi connectivity index (χ0v) is 16.7. The molecule has 1 aliphatic rings. The van der Waals surface area contributed by atoms with Crippen LogP contribution in [0.2, 0.25) is 0 Å². The molecule has 1 amide bonds. The highest BCUT2D eigenvalue weighted by molar-refractivity contribution is 8.15. The number of hydrogen-bond donors (Lipinski definition) is 0. The van der Waals surface area contributed by atoms with E-state index in [4.69, 9.17) is 4.74 Å². The van der Waals surface area contributed by atoms with Crippen LogP contribution in [0.5, 0.6) is 5.75 Å². The molecule has 0 spiro atoms. The second kappa shape index (κ2) is 9.50. The first-order valence-electron chi connectivity index (χ1n) is 9.08. The number of amidine groups is 1. The molecule has 146 valence electrons. The molecule has 0 aromatic heterocycles. The van der Waals surface area contributed by atoms with Gasteiger partial charge in [-0.05, 0) is 53.9 Å². The lowest BCUT2D eigenvalue weighted by Crippen LogP contribution is -2.31. The van der Waals surface area contributed by atoms with E-state index in [0.717, 1.165) is 29.7 Å². The SMILES string of the molecule is CCC[C@@H]1S/C(=N/N=C\c2ccc(OC)cc2)N(Cc2ccc(F)cc2)C1=O. The molecule has 1 atom stereocenters. The molecule has 28 heavy (non-hydrogen) atoms. The van der Waals surface area contributed by atoms with Gasteiger partial charge in [-0.2, -0.15) is 5.10 Å². The molecule has 0 unspecified atom stereocenters. The van der Waals surface area contributed by atoms with Gasteiger partial charge < -0.3 is 4.74 Å². The lowest BCUT2D eigenvalue weighted by atomic mass is 10.2. The van der Waals surface area contributed by atoms with Gasteiger partial charge in [0.25, 0.3) is 0 Å². The van der Waals surface area contributed by atoms with Gasteiger partial charge in [0, 0.05) is 0 Å². The average molecular weight is 399 g/mol. The number of methoxy groups -OCH3 is 1. The zero-order valence-electron chi connectivity index (χ0n) is 15.8. The van der Waals surface area contributed by atoms with Gasteiger partial charge in [0.2, 0.25) is 5.91 Å². The summed E-state index contributed by atoms with van der Waals surface area (Å²) in [5, 5.41) is 8.86. The maximum Gasteiger partial charge on any atom is 0.242 e. The van der Waals surface area contributed by atoms with E-state index in [-0.39, 0.29) is 17.0 Å². The van der Waals surface area contributed by atoms with Gasteiger partial charge in [-0.25, -0.2) is 4.39 Å². The molecule has 3 rings (SSSR count). The second-order valence-corrected chi connectivity index (χ2v) is 7.52. The summed E-state index contributed by atoms with van der Waals surface area (Å²) in [6.07, 6.45) is 3.33. The molecule has 0 bridgehead atoms. The predicted molar refractivity (Wildman–Crippen MR) is 111 cm³/mol. The molecule has 1 saturated heterocycles. The van der Waals surface area contributed by atoms with Gasteiger partial charge in [0.1, 0.15) is 11.6 Å². The van der Waals surface area contributed by atoms with E-state index in [1.807, 2.05) is 24.3 Å². The molecule has 2 aromatic carbocycles. The zero-order chi connectivity index (χ0) is 19.9. The number of hydrogen-bond acceptors (Lipinski definition) is 5. The Bertz CT molecular complexity index is 866. The first-order chi connectivity index (χ1) is 13.6. The normalized spacial score (nSPS) is 18.4. The molecule has 0 N–H and O–H groups in total. The van der Waals surface area contributed by atoms with Crippen LogP contribution in [0.15, 0.2) is 58.7 Å². The van der Waals surface area contributed by atoms with Crippen molar-refractivity contribution in [3.8, 4) is 5.75 Å². The van der Waals surface area contributed by atoms with Crippen molar-refractivity contribution in [2.24, 2.45) is 10.2 Å². The Morgan fingerprint density at radius 2 is 1.89 bits per heavy atom. The minimum absolute atomic E-state index is 0.0228. The number of amides is 1. The minimum Gasteiger partial charge on any atom is -0.497 e. The van der Waals surface area contributed by atoms with E-state index in [1.54, 1.807) is 30.4 Å². The summed E-state index contributed by atoms with van der Waals surface area (Å²) in [5.74, 6) is 0.496. The van der Waals surface area contributed by atoms with Crippen LogP contribution in [0.1, 0.15) is 30.9 Å². The van der Waals surface area contributed by atoms with Crippen LogP contribution in [0.25, 0.3) is 0 Å². The van der Waals surface area contributed by atoms with Crippen LogP contribution < -0.4 is 4.74 Å². The largest absolute Gasteiger partial charge is 0.497 e. The molecule has 5 nitrogen and oxygen atoms in total. The maximum absolute atomic E-state index is 13.2. The first-order valence-corrected chi connectivity index (χ1v) is 9.96. The highest BCUT2D eigenvalue weighted by atomic mass is 32.2. The molecule has 1 fully saturated rings. The van der Waals surface area contributed by atoms with Crippen molar-refractivity contribution in [2.75, 3.05) is 7.11 Å². The van der Waals surface area contributed by atoms with Crippen LogP contribution in [0.3, 0.4) is 0 Å². The van der Waals surface area contributed by atoms with E-state index in [9.17, 15) is 9.18 Å². The molecule has 0 saturated carbocycles.